The molecule has 0 aliphatic heterocycles. The number of amides is 1. The van der Waals surface area contributed by atoms with Crippen molar-refractivity contribution >= 4 is 28.9 Å². The smallest absolute Gasteiger partial charge is 0.228 e. The lowest BCUT2D eigenvalue weighted by molar-refractivity contribution is -0.115. The van der Waals surface area contributed by atoms with Gasteiger partial charge in [0.15, 0.2) is 0 Å². The Balaban J connectivity index is 2.07. The second-order valence-electron chi connectivity index (χ2n) is 4.20. The molecule has 0 atom stereocenters. The maximum absolute atomic E-state index is 13.4. The van der Waals surface area contributed by atoms with Crippen LogP contribution in [-0.4, -0.2) is 5.91 Å². The van der Waals surface area contributed by atoms with Crippen LogP contribution in [0.15, 0.2) is 36.4 Å². The van der Waals surface area contributed by atoms with Gasteiger partial charge >= 0.3 is 0 Å². The van der Waals surface area contributed by atoms with Crippen LogP contribution in [0.1, 0.15) is 5.56 Å². The van der Waals surface area contributed by atoms with Crippen LogP contribution >= 0.6 is 11.6 Å². The molecule has 0 heterocycles. The van der Waals surface area contributed by atoms with Crippen LogP contribution in [0.5, 0.6) is 0 Å². The van der Waals surface area contributed by atoms with Gasteiger partial charge in [0.2, 0.25) is 5.91 Å². The summed E-state index contributed by atoms with van der Waals surface area (Å²) in [6.45, 7) is 0. The summed E-state index contributed by atoms with van der Waals surface area (Å²) in [5.41, 5.74) is 6.51. The zero-order valence-electron chi connectivity index (χ0n) is 10.3. The molecule has 0 spiro atoms. The van der Waals surface area contributed by atoms with E-state index in [1.54, 1.807) is 12.1 Å². The lowest BCUT2D eigenvalue weighted by Gasteiger charge is -2.07. The molecule has 104 valence electrons. The van der Waals surface area contributed by atoms with Crippen LogP contribution in [0, 0.1) is 11.6 Å². The number of nitrogens with two attached hydrogens (primary N) is 1. The largest absolute Gasteiger partial charge is 0.397 e. The van der Waals surface area contributed by atoms with Crippen LogP contribution in [0.25, 0.3) is 0 Å². The molecule has 2 rings (SSSR count). The monoisotopic (exact) mass is 296 g/mol. The van der Waals surface area contributed by atoms with E-state index in [1.807, 2.05) is 0 Å². The van der Waals surface area contributed by atoms with E-state index in [2.05, 4.69) is 5.32 Å². The van der Waals surface area contributed by atoms with E-state index in [1.165, 1.54) is 12.1 Å². The van der Waals surface area contributed by atoms with E-state index >= 15 is 0 Å². The minimum Gasteiger partial charge on any atom is -0.397 e. The molecule has 20 heavy (non-hydrogen) atoms. The summed E-state index contributed by atoms with van der Waals surface area (Å²) in [7, 11) is 0. The molecule has 0 saturated heterocycles. The third-order valence-electron chi connectivity index (χ3n) is 2.65. The Labute approximate surface area is 119 Å². The quantitative estimate of drug-likeness (QED) is 0.853. The average molecular weight is 297 g/mol. The Morgan fingerprint density at radius 3 is 2.60 bits per heavy atom. The third-order valence-corrected chi connectivity index (χ3v) is 2.99. The van der Waals surface area contributed by atoms with E-state index in [4.69, 9.17) is 17.3 Å². The highest BCUT2D eigenvalue weighted by Crippen LogP contribution is 2.22. The van der Waals surface area contributed by atoms with Crippen molar-refractivity contribution in [1.82, 2.24) is 0 Å². The van der Waals surface area contributed by atoms with Gasteiger partial charge in [0.25, 0.3) is 0 Å². The van der Waals surface area contributed by atoms with Crippen molar-refractivity contribution in [1.29, 1.82) is 0 Å². The van der Waals surface area contributed by atoms with Gasteiger partial charge in [0.1, 0.15) is 11.6 Å². The standard InChI is InChI=1S/C14H11ClF2N2O/c15-11-4-3-10(7-13(11)18)19-14(20)5-8-1-2-9(16)6-12(8)17/h1-4,6-7H,5,18H2,(H,19,20). The van der Waals surface area contributed by atoms with Gasteiger partial charge < -0.3 is 11.1 Å². The van der Waals surface area contributed by atoms with Crippen molar-refractivity contribution < 1.29 is 13.6 Å². The highest BCUT2D eigenvalue weighted by molar-refractivity contribution is 6.33. The Kier molecular flexibility index (Phi) is 4.20. The Hall–Kier alpha value is -2.14. The number of halogens is 3. The first-order chi connectivity index (χ1) is 9.45. The molecule has 6 heteroatoms. The molecule has 2 aromatic rings. The predicted octanol–water partition coefficient (Wildman–Crippen LogP) is 3.38. The Morgan fingerprint density at radius 2 is 1.95 bits per heavy atom. The maximum atomic E-state index is 13.4. The highest BCUT2D eigenvalue weighted by Gasteiger charge is 2.10. The maximum Gasteiger partial charge on any atom is 0.228 e. The Bertz CT molecular complexity index is 662. The van der Waals surface area contributed by atoms with E-state index in [0.29, 0.717) is 16.4 Å². The summed E-state index contributed by atoms with van der Waals surface area (Å²) in [6, 6.07) is 7.71. The molecule has 0 aromatic heterocycles. The summed E-state index contributed by atoms with van der Waals surface area (Å²) in [5.74, 6) is -1.87. The number of carbonyl (C=O) groups excluding carboxylic acids is 1. The molecule has 2 aromatic carbocycles. The molecule has 0 aliphatic rings. The lowest BCUT2D eigenvalue weighted by Crippen LogP contribution is -2.15. The topological polar surface area (TPSA) is 55.1 Å². The predicted molar refractivity (Wildman–Crippen MR) is 74.6 cm³/mol. The van der Waals surface area contributed by atoms with E-state index in [0.717, 1.165) is 12.1 Å². The summed E-state index contributed by atoms with van der Waals surface area (Å²) in [5, 5.41) is 2.94. The van der Waals surface area contributed by atoms with Crippen LogP contribution < -0.4 is 11.1 Å². The minimum absolute atomic E-state index is 0.117. The molecule has 0 aliphatic carbocycles. The number of anilines is 2. The summed E-state index contributed by atoms with van der Waals surface area (Å²) < 4.78 is 26.2. The first-order valence-electron chi connectivity index (χ1n) is 5.74. The average Bonchev–Trinajstić information content (AvgIpc) is 2.37. The molecule has 0 bridgehead atoms. The first-order valence-corrected chi connectivity index (χ1v) is 6.12. The van der Waals surface area contributed by atoms with Crippen LogP contribution in [-0.2, 0) is 11.2 Å². The summed E-state index contributed by atoms with van der Waals surface area (Å²) >= 11 is 5.76. The number of carbonyl (C=O) groups is 1. The zero-order valence-corrected chi connectivity index (χ0v) is 11.0. The molecule has 3 N–H and O–H groups in total. The fourth-order valence-electron chi connectivity index (χ4n) is 1.66. The normalized spacial score (nSPS) is 10.3. The molecule has 1 amide bonds. The lowest BCUT2D eigenvalue weighted by atomic mass is 10.1. The van der Waals surface area contributed by atoms with Gasteiger partial charge in [-0.25, -0.2) is 8.78 Å². The summed E-state index contributed by atoms with van der Waals surface area (Å²) in [4.78, 5) is 11.8. The second-order valence-corrected chi connectivity index (χ2v) is 4.60. The molecule has 0 unspecified atom stereocenters. The fraction of sp³-hybridized carbons (Fsp3) is 0.0714. The number of hydrogen-bond donors (Lipinski definition) is 2. The van der Waals surface area contributed by atoms with Crippen molar-refractivity contribution in [2.75, 3.05) is 11.1 Å². The summed E-state index contributed by atoms with van der Waals surface area (Å²) in [6.07, 6.45) is -0.200. The Morgan fingerprint density at radius 1 is 1.20 bits per heavy atom. The van der Waals surface area contributed by atoms with Gasteiger partial charge in [0.05, 0.1) is 17.1 Å². The van der Waals surface area contributed by atoms with E-state index in [-0.39, 0.29) is 12.0 Å². The SMILES string of the molecule is Nc1cc(NC(=O)Cc2ccc(F)cc2F)ccc1Cl. The third kappa shape index (κ3) is 3.45. The second kappa shape index (κ2) is 5.88. The number of hydrogen-bond acceptors (Lipinski definition) is 2. The first kappa shape index (κ1) is 14.3. The number of benzene rings is 2. The van der Waals surface area contributed by atoms with Gasteiger partial charge in [-0.05, 0) is 29.8 Å². The van der Waals surface area contributed by atoms with Gasteiger partial charge in [0, 0.05) is 11.8 Å². The van der Waals surface area contributed by atoms with Gasteiger partial charge in [-0.2, -0.15) is 0 Å². The molecule has 0 fully saturated rings. The number of nitrogen functional groups attached to an aromatic ring is 1. The molecule has 0 saturated carbocycles. The number of nitrogens with one attached hydrogen (secondary N) is 1. The van der Waals surface area contributed by atoms with Crippen molar-refractivity contribution in [2.24, 2.45) is 0 Å². The van der Waals surface area contributed by atoms with Crippen LogP contribution in [0.4, 0.5) is 20.2 Å². The van der Waals surface area contributed by atoms with Crippen LogP contribution in [0.3, 0.4) is 0 Å². The van der Waals surface area contributed by atoms with Crippen molar-refractivity contribution in [3.8, 4) is 0 Å². The van der Waals surface area contributed by atoms with Crippen LogP contribution in [0.2, 0.25) is 5.02 Å². The van der Waals surface area contributed by atoms with E-state index in [9.17, 15) is 13.6 Å². The van der Waals surface area contributed by atoms with Crippen molar-refractivity contribution in [3.05, 3.63) is 58.6 Å². The van der Waals surface area contributed by atoms with Gasteiger partial charge in [-0.15, -0.1) is 0 Å². The highest BCUT2D eigenvalue weighted by atomic mass is 35.5. The van der Waals surface area contributed by atoms with Crippen molar-refractivity contribution in [3.63, 3.8) is 0 Å². The number of rotatable bonds is 3. The van der Waals surface area contributed by atoms with Gasteiger partial charge in [-0.1, -0.05) is 17.7 Å². The minimum atomic E-state index is -0.754. The fourth-order valence-corrected chi connectivity index (χ4v) is 1.78. The van der Waals surface area contributed by atoms with Gasteiger partial charge in [-0.3, -0.25) is 4.79 Å². The molecular weight excluding hydrogens is 286 g/mol. The van der Waals surface area contributed by atoms with Crippen molar-refractivity contribution in [2.45, 2.75) is 6.42 Å². The molecule has 3 nitrogen and oxygen atoms in total. The van der Waals surface area contributed by atoms with E-state index < -0.39 is 17.5 Å². The molecular formula is C14H11ClF2N2O. The zero-order chi connectivity index (χ0) is 14.7. The molecule has 0 radical (unpaired) electrons.